The Labute approximate surface area is 110 Å². The first-order chi connectivity index (χ1) is 8.32. The van der Waals surface area contributed by atoms with Gasteiger partial charge in [-0.2, -0.15) is 0 Å². The first-order valence-corrected chi connectivity index (χ1v) is 5.87. The van der Waals surface area contributed by atoms with Gasteiger partial charge < -0.3 is 10.4 Å². The summed E-state index contributed by atoms with van der Waals surface area (Å²) in [5, 5.41) is 11.8. The second kappa shape index (κ2) is 5.82. The number of carbonyl (C=O) groups is 2. The van der Waals surface area contributed by atoms with Crippen molar-refractivity contribution in [2.45, 2.75) is 20.8 Å². The number of amides is 1. The Hall–Kier alpha value is -1.62. The third-order valence-corrected chi connectivity index (χ3v) is 3.07. The van der Waals surface area contributed by atoms with Crippen molar-refractivity contribution in [2.24, 2.45) is 11.8 Å². The lowest BCUT2D eigenvalue weighted by atomic mass is 9.95. The molecule has 1 heterocycles. The zero-order valence-corrected chi connectivity index (χ0v) is 11.2. The van der Waals surface area contributed by atoms with Crippen LogP contribution >= 0.6 is 11.6 Å². The SMILES string of the molecule is Cc1nc(Cl)ccc1NC(=O)C(C)C(C)C(=O)O. The smallest absolute Gasteiger partial charge is 0.307 e. The molecule has 0 spiro atoms. The molecule has 0 aliphatic rings. The van der Waals surface area contributed by atoms with Crippen LogP contribution in [-0.4, -0.2) is 22.0 Å². The summed E-state index contributed by atoms with van der Waals surface area (Å²) >= 11 is 5.71. The summed E-state index contributed by atoms with van der Waals surface area (Å²) in [4.78, 5) is 26.7. The van der Waals surface area contributed by atoms with E-state index in [0.29, 0.717) is 16.5 Å². The fraction of sp³-hybridized carbons (Fsp3) is 0.417. The number of carbonyl (C=O) groups excluding carboxylic acids is 1. The van der Waals surface area contributed by atoms with E-state index in [0.717, 1.165) is 0 Å². The third-order valence-electron chi connectivity index (χ3n) is 2.86. The molecular formula is C12H15ClN2O3. The van der Waals surface area contributed by atoms with E-state index < -0.39 is 17.8 Å². The lowest BCUT2D eigenvalue weighted by molar-refractivity contribution is -0.145. The number of aliphatic carboxylic acids is 1. The summed E-state index contributed by atoms with van der Waals surface area (Å²) in [6.45, 7) is 4.79. The molecule has 2 unspecified atom stereocenters. The molecule has 1 aromatic heterocycles. The molecule has 18 heavy (non-hydrogen) atoms. The van der Waals surface area contributed by atoms with Gasteiger partial charge in [-0.1, -0.05) is 25.4 Å². The predicted octanol–water partition coefficient (Wildman–Crippen LogP) is 2.34. The second-order valence-electron chi connectivity index (χ2n) is 4.17. The quantitative estimate of drug-likeness (QED) is 0.823. The van der Waals surface area contributed by atoms with E-state index in [1.807, 2.05) is 0 Å². The van der Waals surface area contributed by atoms with Crippen molar-refractivity contribution in [1.82, 2.24) is 4.98 Å². The molecule has 0 aromatic carbocycles. The Morgan fingerprint density at radius 2 is 1.94 bits per heavy atom. The topological polar surface area (TPSA) is 79.3 Å². The van der Waals surface area contributed by atoms with E-state index in [1.54, 1.807) is 26.0 Å². The van der Waals surface area contributed by atoms with Crippen LogP contribution in [0.1, 0.15) is 19.5 Å². The molecule has 0 radical (unpaired) electrons. The summed E-state index contributed by atoms with van der Waals surface area (Å²) in [7, 11) is 0. The van der Waals surface area contributed by atoms with E-state index in [-0.39, 0.29) is 5.91 Å². The van der Waals surface area contributed by atoms with E-state index in [2.05, 4.69) is 10.3 Å². The molecule has 98 valence electrons. The van der Waals surface area contributed by atoms with Gasteiger partial charge in [0.1, 0.15) is 5.15 Å². The van der Waals surface area contributed by atoms with E-state index in [9.17, 15) is 9.59 Å². The molecule has 0 aliphatic carbocycles. The number of hydrogen-bond acceptors (Lipinski definition) is 3. The number of anilines is 1. The van der Waals surface area contributed by atoms with Crippen LogP contribution in [0.2, 0.25) is 5.15 Å². The fourth-order valence-corrected chi connectivity index (χ4v) is 1.54. The minimum absolute atomic E-state index is 0.345. The first kappa shape index (κ1) is 14.4. The van der Waals surface area contributed by atoms with Gasteiger partial charge >= 0.3 is 5.97 Å². The standard InChI is InChI=1S/C12H15ClN2O3/c1-6(7(2)12(17)18)11(16)15-9-4-5-10(13)14-8(9)3/h4-7H,1-3H3,(H,15,16)(H,17,18). The zero-order valence-electron chi connectivity index (χ0n) is 10.4. The molecule has 0 saturated carbocycles. The van der Waals surface area contributed by atoms with Crippen LogP contribution in [0.4, 0.5) is 5.69 Å². The molecule has 0 fully saturated rings. The van der Waals surface area contributed by atoms with E-state index in [1.165, 1.54) is 6.92 Å². The lowest BCUT2D eigenvalue weighted by Gasteiger charge is -2.16. The number of carboxylic acid groups (broad SMARTS) is 1. The number of pyridine rings is 1. The van der Waals surface area contributed by atoms with Crippen LogP contribution in [0.3, 0.4) is 0 Å². The van der Waals surface area contributed by atoms with E-state index >= 15 is 0 Å². The second-order valence-corrected chi connectivity index (χ2v) is 4.56. The van der Waals surface area contributed by atoms with Crippen LogP contribution in [0.15, 0.2) is 12.1 Å². The number of halogens is 1. The Balaban J connectivity index is 2.78. The van der Waals surface area contributed by atoms with Gasteiger partial charge in [-0.25, -0.2) is 4.98 Å². The Kier molecular flexibility index (Phi) is 4.67. The first-order valence-electron chi connectivity index (χ1n) is 5.49. The van der Waals surface area contributed by atoms with Crippen molar-refractivity contribution < 1.29 is 14.7 Å². The number of carboxylic acids is 1. The van der Waals surface area contributed by atoms with Gasteiger partial charge in [0.05, 0.1) is 17.3 Å². The normalized spacial score (nSPS) is 13.8. The van der Waals surface area contributed by atoms with Crippen molar-refractivity contribution in [3.05, 3.63) is 23.0 Å². The van der Waals surface area contributed by atoms with E-state index in [4.69, 9.17) is 16.7 Å². The van der Waals surface area contributed by atoms with Gasteiger partial charge in [0.15, 0.2) is 0 Å². The van der Waals surface area contributed by atoms with Gasteiger partial charge in [0.2, 0.25) is 5.91 Å². The zero-order chi connectivity index (χ0) is 13.9. The minimum Gasteiger partial charge on any atom is -0.481 e. The maximum atomic E-state index is 11.9. The maximum absolute atomic E-state index is 11.9. The average molecular weight is 271 g/mol. The van der Waals surface area contributed by atoms with Crippen LogP contribution in [0.5, 0.6) is 0 Å². The lowest BCUT2D eigenvalue weighted by Crippen LogP contribution is -2.30. The highest BCUT2D eigenvalue weighted by Crippen LogP contribution is 2.18. The fourth-order valence-electron chi connectivity index (χ4n) is 1.35. The highest BCUT2D eigenvalue weighted by atomic mass is 35.5. The van der Waals surface area contributed by atoms with Gasteiger partial charge in [-0.3, -0.25) is 9.59 Å². The molecule has 6 heteroatoms. The molecule has 0 bridgehead atoms. The van der Waals surface area contributed by atoms with Crippen molar-refractivity contribution in [2.75, 3.05) is 5.32 Å². The number of nitrogens with one attached hydrogen (secondary N) is 1. The molecule has 1 amide bonds. The molecule has 1 rings (SSSR count). The summed E-state index contributed by atoms with van der Waals surface area (Å²) in [5.74, 6) is -2.72. The summed E-state index contributed by atoms with van der Waals surface area (Å²) in [6.07, 6.45) is 0. The Morgan fingerprint density at radius 3 is 2.44 bits per heavy atom. The molecule has 5 nitrogen and oxygen atoms in total. The molecule has 0 aliphatic heterocycles. The predicted molar refractivity (Wildman–Crippen MR) is 68.6 cm³/mol. The number of rotatable bonds is 4. The van der Waals surface area contributed by atoms with Crippen molar-refractivity contribution in [3.8, 4) is 0 Å². The van der Waals surface area contributed by atoms with Crippen LogP contribution < -0.4 is 5.32 Å². The van der Waals surface area contributed by atoms with Gasteiger partial charge in [-0.05, 0) is 19.1 Å². The van der Waals surface area contributed by atoms with Gasteiger partial charge in [0, 0.05) is 5.92 Å². The number of nitrogens with zero attached hydrogens (tertiary/aromatic N) is 1. The van der Waals surface area contributed by atoms with Crippen LogP contribution in [0, 0.1) is 18.8 Å². The number of aryl methyl sites for hydroxylation is 1. The monoisotopic (exact) mass is 270 g/mol. The number of hydrogen-bond donors (Lipinski definition) is 2. The molecule has 0 saturated heterocycles. The highest BCUT2D eigenvalue weighted by Gasteiger charge is 2.26. The highest BCUT2D eigenvalue weighted by molar-refractivity contribution is 6.29. The molecular weight excluding hydrogens is 256 g/mol. The van der Waals surface area contributed by atoms with Crippen LogP contribution in [0.25, 0.3) is 0 Å². The van der Waals surface area contributed by atoms with Crippen molar-refractivity contribution in [3.63, 3.8) is 0 Å². The van der Waals surface area contributed by atoms with Crippen LogP contribution in [-0.2, 0) is 9.59 Å². The number of aromatic nitrogens is 1. The summed E-state index contributed by atoms with van der Waals surface area (Å²) in [6, 6.07) is 3.20. The minimum atomic E-state index is -0.997. The largest absolute Gasteiger partial charge is 0.481 e. The summed E-state index contributed by atoms with van der Waals surface area (Å²) in [5.41, 5.74) is 1.12. The molecule has 2 atom stereocenters. The summed E-state index contributed by atoms with van der Waals surface area (Å²) < 4.78 is 0. The average Bonchev–Trinajstić information content (AvgIpc) is 2.30. The van der Waals surface area contributed by atoms with Gasteiger partial charge in [-0.15, -0.1) is 0 Å². The third kappa shape index (κ3) is 3.43. The van der Waals surface area contributed by atoms with Gasteiger partial charge in [0.25, 0.3) is 0 Å². The molecule has 1 aromatic rings. The Bertz CT molecular complexity index is 476. The molecule has 2 N–H and O–H groups in total. The van der Waals surface area contributed by atoms with Crippen molar-refractivity contribution in [1.29, 1.82) is 0 Å². The maximum Gasteiger partial charge on any atom is 0.307 e. The van der Waals surface area contributed by atoms with Crippen molar-refractivity contribution >= 4 is 29.2 Å². The Morgan fingerprint density at radius 1 is 1.33 bits per heavy atom.